The Morgan fingerprint density at radius 2 is 2.00 bits per heavy atom. The molecule has 0 amide bonds. The van der Waals surface area contributed by atoms with Crippen LogP contribution in [0.25, 0.3) is 0 Å². The third kappa shape index (κ3) is 2.88. The average Bonchev–Trinajstić information content (AvgIpc) is 2.02. The second-order valence-corrected chi connectivity index (χ2v) is 5.57. The topological polar surface area (TPSA) is 57.9 Å². The van der Waals surface area contributed by atoms with Gasteiger partial charge in [-0.3, -0.25) is 0 Å². The van der Waals surface area contributed by atoms with E-state index in [0.717, 1.165) is 0 Å². The van der Waals surface area contributed by atoms with Crippen molar-refractivity contribution in [1.29, 1.82) is 5.26 Å². The maximum atomic E-state index is 11.0. The first-order valence-electron chi connectivity index (χ1n) is 3.54. The highest BCUT2D eigenvalue weighted by atomic mass is 35.7. The highest BCUT2D eigenvalue weighted by Crippen LogP contribution is 2.22. The lowest BCUT2D eigenvalue weighted by molar-refractivity contribution is 0.609. The number of rotatable bonds is 2. The van der Waals surface area contributed by atoms with Crippen molar-refractivity contribution in [2.45, 2.75) is 11.3 Å². The number of hydrogen-bond donors (Lipinski definition) is 0. The Balaban J connectivity index is 3.29. The third-order valence-corrected chi connectivity index (χ3v) is 3.05. The van der Waals surface area contributed by atoms with Gasteiger partial charge in [-0.1, -0.05) is 11.6 Å². The summed E-state index contributed by atoms with van der Waals surface area (Å²) < 4.78 is 21.9. The average molecular weight is 250 g/mol. The van der Waals surface area contributed by atoms with E-state index in [4.69, 9.17) is 27.5 Å². The van der Waals surface area contributed by atoms with Crippen molar-refractivity contribution in [2.24, 2.45) is 0 Å². The zero-order chi connectivity index (χ0) is 10.8. The van der Waals surface area contributed by atoms with Crippen LogP contribution in [0.2, 0.25) is 5.02 Å². The lowest BCUT2D eigenvalue weighted by Crippen LogP contribution is -1.93. The quantitative estimate of drug-likeness (QED) is 0.757. The number of benzene rings is 1. The molecule has 0 aliphatic rings. The van der Waals surface area contributed by atoms with E-state index in [-0.39, 0.29) is 16.3 Å². The monoisotopic (exact) mass is 249 g/mol. The highest BCUT2D eigenvalue weighted by Gasteiger charge is 2.11. The molecular formula is C8H5Cl2NO2S. The molecule has 0 fully saturated rings. The standard InChI is InChI=1S/C8H5Cl2NO2S/c9-7-3-6(1-2-11)4-8(5-7)14(10,12)13/h3-5H,1H2. The van der Waals surface area contributed by atoms with Gasteiger partial charge < -0.3 is 0 Å². The van der Waals surface area contributed by atoms with Crippen LogP contribution in [0, 0.1) is 11.3 Å². The van der Waals surface area contributed by atoms with Crippen molar-refractivity contribution in [3.8, 4) is 6.07 Å². The van der Waals surface area contributed by atoms with E-state index in [1.807, 2.05) is 6.07 Å². The molecule has 0 aliphatic carbocycles. The van der Waals surface area contributed by atoms with E-state index in [1.54, 1.807) is 0 Å². The fourth-order valence-corrected chi connectivity index (χ4v) is 2.10. The summed E-state index contributed by atoms with van der Waals surface area (Å²) in [5.74, 6) is 0. The van der Waals surface area contributed by atoms with Gasteiger partial charge in [0.05, 0.1) is 17.4 Å². The fourth-order valence-electron chi connectivity index (χ4n) is 0.955. The lowest BCUT2D eigenvalue weighted by Gasteiger charge is -2.00. The van der Waals surface area contributed by atoms with E-state index in [1.165, 1.54) is 18.2 Å². The van der Waals surface area contributed by atoms with Crippen LogP contribution in [-0.2, 0) is 15.5 Å². The Morgan fingerprint density at radius 3 is 2.50 bits per heavy atom. The molecule has 0 spiro atoms. The molecule has 74 valence electrons. The van der Waals surface area contributed by atoms with Crippen molar-refractivity contribution in [2.75, 3.05) is 0 Å². The zero-order valence-corrected chi connectivity index (χ0v) is 9.20. The molecule has 0 heterocycles. The molecule has 1 aromatic carbocycles. The molecule has 1 rings (SSSR count). The normalized spacial score (nSPS) is 10.9. The van der Waals surface area contributed by atoms with Crippen molar-refractivity contribution in [3.05, 3.63) is 28.8 Å². The van der Waals surface area contributed by atoms with Gasteiger partial charge in [0.2, 0.25) is 0 Å². The molecule has 0 bridgehead atoms. The van der Waals surface area contributed by atoms with Crippen LogP contribution < -0.4 is 0 Å². The minimum Gasteiger partial charge on any atom is -0.207 e. The molecule has 0 aliphatic heterocycles. The first kappa shape index (κ1) is 11.3. The predicted octanol–water partition coefficient (Wildman–Crippen LogP) is 2.33. The Kier molecular flexibility index (Phi) is 3.38. The Hall–Kier alpha value is -0.760. The lowest BCUT2D eigenvalue weighted by atomic mass is 10.2. The molecule has 0 aromatic heterocycles. The molecule has 0 saturated heterocycles. The van der Waals surface area contributed by atoms with Crippen molar-refractivity contribution in [3.63, 3.8) is 0 Å². The second-order valence-electron chi connectivity index (χ2n) is 2.57. The maximum absolute atomic E-state index is 11.0. The minimum absolute atomic E-state index is 0.0862. The van der Waals surface area contributed by atoms with Gasteiger partial charge in [-0.05, 0) is 23.8 Å². The van der Waals surface area contributed by atoms with E-state index in [0.29, 0.717) is 5.56 Å². The summed E-state index contributed by atoms with van der Waals surface area (Å²) >= 11 is 5.66. The van der Waals surface area contributed by atoms with Crippen LogP contribution in [0.3, 0.4) is 0 Å². The summed E-state index contributed by atoms with van der Waals surface area (Å²) in [6, 6.07) is 5.99. The summed E-state index contributed by atoms with van der Waals surface area (Å²) in [5, 5.41) is 8.68. The van der Waals surface area contributed by atoms with E-state index < -0.39 is 9.05 Å². The van der Waals surface area contributed by atoms with Crippen LogP contribution >= 0.6 is 22.3 Å². The summed E-state index contributed by atoms with van der Waals surface area (Å²) in [6.45, 7) is 0. The maximum Gasteiger partial charge on any atom is 0.261 e. The number of nitriles is 1. The Bertz CT molecular complexity index is 491. The zero-order valence-electron chi connectivity index (χ0n) is 6.87. The Labute approximate surface area is 91.3 Å². The van der Waals surface area contributed by atoms with Gasteiger partial charge in [0.25, 0.3) is 9.05 Å². The van der Waals surface area contributed by atoms with E-state index in [9.17, 15) is 8.42 Å². The molecule has 0 radical (unpaired) electrons. The number of hydrogen-bond acceptors (Lipinski definition) is 3. The predicted molar refractivity (Wildman–Crippen MR) is 53.8 cm³/mol. The van der Waals surface area contributed by atoms with Crippen LogP contribution in [0.4, 0.5) is 0 Å². The summed E-state index contributed by atoms with van der Waals surface area (Å²) in [4.78, 5) is -0.0862. The molecule has 6 heteroatoms. The minimum atomic E-state index is -3.79. The van der Waals surface area contributed by atoms with E-state index >= 15 is 0 Å². The van der Waals surface area contributed by atoms with Crippen molar-refractivity contribution < 1.29 is 8.42 Å². The molecule has 0 unspecified atom stereocenters. The smallest absolute Gasteiger partial charge is 0.207 e. The van der Waals surface area contributed by atoms with Gasteiger partial charge in [0, 0.05) is 15.7 Å². The molecular weight excluding hydrogens is 245 g/mol. The fraction of sp³-hybridized carbons (Fsp3) is 0.125. The largest absolute Gasteiger partial charge is 0.261 e. The van der Waals surface area contributed by atoms with Gasteiger partial charge in [-0.2, -0.15) is 5.26 Å². The van der Waals surface area contributed by atoms with Crippen LogP contribution in [0.5, 0.6) is 0 Å². The SMILES string of the molecule is N#CCc1cc(Cl)cc(S(=O)(=O)Cl)c1. The Morgan fingerprint density at radius 1 is 1.36 bits per heavy atom. The van der Waals surface area contributed by atoms with Crippen molar-refractivity contribution in [1.82, 2.24) is 0 Å². The van der Waals surface area contributed by atoms with Gasteiger partial charge >= 0.3 is 0 Å². The molecule has 1 aromatic rings. The second kappa shape index (κ2) is 4.18. The summed E-state index contributed by atoms with van der Waals surface area (Å²) in [7, 11) is 1.35. The number of nitrogens with zero attached hydrogens (tertiary/aromatic N) is 1. The van der Waals surface area contributed by atoms with Gasteiger partial charge in [-0.25, -0.2) is 8.42 Å². The van der Waals surface area contributed by atoms with Crippen LogP contribution in [0.15, 0.2) is 23.1 Å². The molecule has 0 N–H and O–H groups in total. The molecule has 14 heavy (non-hydrogen) atoms. The number of halogens is 2. The molecule has 0 saturated carbocycles. The van der Waals surface area contributed by atoms with Gasteiger partial charge in [0.15, 0.2) is 0 Å². The highest BCUT2D eigenvalue weighted by molar-refractivity contribution is 8.13. The van der Waals surface area contributed by atoms with E-state index in [2.05, 4.69) is 0 Å². The first-order valence-corrected chi connectivity index (χ1v) is 6.23. The summed E-state index contributed by atoms with van der Waals surface area (Å²) in [5.41, 5.74) is 0.527. The first-order chi connectivity index (χ1) is 6.43. The van der Waals surface area contributed by atoms with Crippen LogP contribution in [-0.4, -0.2) is 8.42 Å². The van der Waals surface area contributed by atoms with Crippen molar-refractivity contribution >= 4 is 31.3 Å². The third-order valence-electron chi connectivity index (χ3n) is 1.50. The van der Waals surface area contributed by atoms with Crippen LogP contribution in [0.1, 0.15) is 5.56 Å². The van der Waals surface area contributed by atoms with Gasteiger partial charge in [0.1, 0.15) is 0 Å². The molecule has 3 nitrogen and oxygen atoms in total. The van der Waals surface area contributed by atoms with Gasteiger partial charge in [-0.15, -0.1) is 0 Å². The molecule has 0 atom stereocenters. The summed E-state index contributed by atoms with van der Waals surface area (Å²) in [6.07, 6.45) is 0.0972.